The van der Waals surface area contributed by atoms with Crippen LogP contribution >= 0.6 is 0 Å². The summed E-state index contributed by atoms with van der Waals surface area (Å²) in [6.45, 7) is 1.31. The van der Waals surface area contributed by atoms with Crippen LogP contribution in [0.3, 0.4) is 0 Å². The maximum absolute atomic E-state index is 12.0. The van der Waals surface area contributed by atoms with E-state index in [2.05, 4.69) is 10.1 Å². The quantitative estimate of drug-likeness (QED) is 0.638. The van der Waals surface area contributed by atoms with Crippen LogP contribution in [-0.2, 0) is 10.2 Å². The van der Waals surface area contributed by atoms with Crippen molar-refractivity contribution in [2.45, 2.75) is 25.3 Å². The summed E-state index contributed by atoms with van der Waals surface area (Å²) < 4.78 is 25.6. The minimum Gasteiger partial charge on any atom is -0.318 e. The normalized spacial score (nSPS) is 23.9. The van der Waals surface area contributed by atoms with Gasteiger partial charge in [0.25, 0.3) is 10.2 Å². The predicted octanol–water partition coefficient (Wildman–Crippen LogP) is -0.629. The van der Waals surface area contributed by atoms with E-state index in [1.807, 2.05) is 7.05 Å². The van der Waals surface area contributed by atoms with Crippen molar-refractivity contribution in [1.82, 2.24) is 19.5 Å². The number of piperidine rings is 1. The van der Waals surface area contributed by atoms with Crippen molar-refractivity contribution in [3.63, 3.8) is 0 Å². The van der Waals surface area contributed by atoms with Gasteiger partial charge in [-0.1, -0.05) is 6.42 Å². The van der Waals surface area contributed by atoms with Crippen LogP contribution in [-0.4, -0.2) is 58.0 Å². The maximum Gasteiger partial charge on any atom is 0.292 e. The monoisotopic (exact) mass is 250 g/mol. The number of likely N-dealkylation sites (N-methyl/N-ethyl adjacent to an activating group) is 1. The minimum absolute atomic E-state index is 0.0659. The van der Waals surface area contributed by atoms with Crippen LogP contribution in [0.4, 0.5) is 0 Å². The van der Waals surface area contributed by atoms with E-state index in [4.69, 9.17) is 0 Å². The summed E-state index contributed by atoms with van der Waals surface area (Å²) in [4.78, 5) is 2.48. The molecule has 0 saturated carbocycles. The lowest BCUT2D eigenvalue weighted by Gasteiger charge is -2.35. The molecule has 0 aliphatic carbocycles. The van der Waals surface area contributed by atoms with Crippen LogP contribution in [0.1, 0.15) is 19.3 Å². The molecule has 16 heavy (non-hydrogen) atoms. The summed E-state index contributed by atoms with van der Waals surface area (Å²) in [6.07, 6.45) is 2.96. The number of hydrogen-bond acceptors (Lipinski definition) is 4. The maximum atomic E-state index is 12.0. The number of hydrazine groups is 1. The molecule has 2 N–H and O–H groups in total. The van der Waals surface area contributed by atoms with Crippen LogP contribution in [0.2, 0.25) is 0 Å². The topological polar surface area (TPSA) is 64.7 Å². The molecule has 0 aromatic rings. The van der Waals surface area contributed by atoms with Crippen molar-refractivity contribution >= 4 is 10.2 Å². The molecular weight excluding hydrogens is 228 g/mol. The lowest BCUT2D eigenvalue weighted by atomic mass is 10.1. The minimum atomic E-state index is -3.38. The molecule has 1 aliphatic rings. The van der Waals surface area contributed by atoms with Crippen LogP contribution in [0.25, 0.3) is 0 Å². The molecule has 0 spiro atoms. The zero-order valence-corrected chi connectivity index (χ0v) is 11.0. The van der Waals surface area contributed by atoms with Gasteiger partial charge in [0.1, 0.15) is 0 Å². The lowest BCUT2D eigenvalue weighted by molar-refractivity contribution is 0.233. The van der Waals surface area contributed by atoms with Gasteiger partial charge in [-0.05, 0) is 19.9 Å². The number of nitrogens with zero attached hydrogens (tertiary/aromatic N) is 2. The second kappa shape index (κ2) is 5.92. The van der Waals surface area contributed by atoms with E-state index in [1.165, 1.54) is 5.01 Å². The first kappa shape index (κ1) is 13.9. The van der Waals surface area contributed by atoms with Crippen LogP contribution in [0, 0.1) is 0 Å². The molecule has 6 nitrogen and oxygen atoms in total. The van der Waals surface area contributed by atoms with Gasteiger partial charge in [-0.15, -0.1) is 4.83 Å². The van der Waals surface area contributed by atoms with Crippen LogP contribution < -0.4 is 10.1 Å². The van der Waals surface area contributed by atoms with Crippen molar-refractivity contribution in [1.29, 1.82) is 0 Å². The van der Waals surface area contributed by atoms with Gasteiger partial charge in [-0.25, -0.2) is 5.01 Å². The van der Waals surface area contributed by atoms with Gasteiger partial charge in [0, 0.05) is 33.2 Å². The lowest BCUT2D eigenvalue weighted by Crippen LogP contribution is -2.54. The molecule has 1 heterocycles. The zero-order valence-electron chi connectivity index (χ0n) is 10.2. The fourth-order valence-electron chi connectivity index (χ4n) is 2.01. The van der Waals surface area contributed by atoms with E-state index in [0.717, 1.165) is 19.3 Å². The van der Waals surface area contributed by atoms with Crippen LogP contribution in [0.5, 0.6) is 0 Å². The first-order chi connectivity index (χ1) is 7.47. The molecule has 0 bridgehead atoms. The molecular formula is C9H22N4O2S. The number of rotatable bonds is 5. The van der Waals surface area contributed by atoms with Crippen molar-refractivity contribution in [2.24, 2.45) is 0 Å². The van der Waals surface area contributed by atoms with E-state index >= 15 is 0 Å². The third kappa shape index (κ3) is 3.67. The molecule has 1 fully saturated rings. The molecule has 1 atom stereocenters. The summed E-state index contributed by atoms with van der Waals surface area (Å²) in [5, 5.41) is 4.50. The zero-order chi connectivity index (χ0) is 12.2. The average Bonchev–Trinajstić information content (AvgIpc) is 2.17. The van der Waals surface area contributed by atoms with Crippen molar-refractivity contribution < 1.29 is 8.42 Å². The van der Waals surface area contributed by atoms with Crippen LogP contribution in [0.15, 0.2) is 0 Å². The fourth-order valence-corrected chi connectivity index (χ4v) is 3.52. The van der Waals surface area contributed by atoms with E-state index in [0.29, 0.717) is 13.1 Å². The molecule has 0 aromatic heterocycles. The molecule has 1 aliphatic heterocycles. The molecule has 7 heteroatoms. The first-order valence-corrected chi connectivity index (χ1v) is 7.02. The van der Waals surface area contributed by atoms with Crippen molar-refractivity contribution in [3.8, 4) is 0 Å². The van der Waals surface area contributed by atoms with Gasteiger partial charge in [-0.2, -0.15) is 12.7 Å². The molecule has 0 amide bonds. The van der Waals surface area contributed by atoms with Crippen molar-refractivity contribution in [3.05, 3.63) is 0 Å². The summed E-state index contributed by atoms with van der Waals surface area (Å²) in [6, 6.07) is 0.0659. The highest BCUT2D eigenvalue weighted by atomic mass is 32.2. The van der Waals surface area contributed by atoms with Gasteiger partial charge in [0.05, 0.1) is 0 Å². The number of hydrogen-bond donors (Lipinski definition) is 2. The van der Waals surface area contributed by atoms with Gasteiger partial charge < -0.3 is 5.32 Å². The third-order valence-electron chi connectivity index (χ3n) is 2.62. The molecule has 1 unspecified atom stereocenters. The second-order valence-electron chi connectivity index (χ2n) is 4.31. The van der Waals surface area contributed by atoms with Gasteiger partial charge in [0.15, 0.2) is 0 Å². The van der Waals surface area contributed by atoms with E-state index < -0.39 is 10.2 Å². The Labute approximate surface area is 98.1 Å². The Bertz CT molecular complexity index is 303. The molecule has 96 valence electrons. The van der Waals surface area contributed by atoms with Gasteiger partial charge >= 0.3 is 0 Å². The molecule has 1 rings (SSSR count). The predicted molar refractivity (Wildman–Crippen MR) is 64.0 cm³/mol. The average molecular weight is 250 g/mol. The fraction of sp³-hybridized carbons (Fsp3) is 1.00. The SMILES string of the molecule is CNCC1CCCCN1S(=O)(=O)NN(C)C. The Morgan fingerprint density at radius 3 is 2.62 bits per heavy atom. The van der Waals surface area contributed by atoms with Gasteiger partial charge in [-0.3, -0.25) is 0 Å². The van der Waals surface area contributed by atoms with E-state index in [9.17, 15) is 8.42 Å². The second-order valence-corrected chi connectivity index (χ2v) is 5.91. The first-order valence-electron chi connectivity index (χ1n) is 5.58. The molecule has 1 saturated heterocycles. The standard InChI is InChI=1S/C9H22N4O2S/c1-10-8-9-6-4-5-7-13(9)16(14,15)11-12(2)3/h9-11H,4-8H2,1-3H3. The summed E-state index contributed by atoms with van der Waals surface area (Å²) in [5.74, 6) is 0. The highest BCUT2D eigenvalue weighted by Gasteiger charge is 2.31. The summed E-state index contributed by atoms with van der Waals surface area (Å²) in [5.41, 5.74) is 0. The van der Waals surface area contributed by atoms with E-state index in [-0.39, 0.29) is 6.04 Å². The largest absolute Gasteiger partial charge is 0.318 e. The summed E-state index contributed by atoms with van der Waals surface area (Å²) >= 11 is 0. The Balaban J connectivity index is 2.73. The smallest absolute Gasteiger partial charge is 0.292 e. The highest BCUT2D eigenvalue weighted by molar-refractivity contribution is 7.87. The Kier molecular flexibility index (Phi) is 5.13. The Morgan fingerprint density at radius 2 is 2.06 bits per heavy atom. The van der Waals surface area contributed by atoms with Gasteiger partial charge in [0.2, 0.25) is 0 Å². The summed E-state index contributed by atoms with van der Waals surface area (Å²) in [7, 11) is 1.81. The Morgan fingerprint density at radius 1 is 1.38 bits per heavy atom. The van der Waals surface area contributed by atoms with Crippen molar-refractivity contribution in [2.75, 3.05) is 34.2 Å². The number of nitrogens with one attached hydrogen (secondary N) is 2. The Hall–Kier alpha value is -0.210. The highest BCUT2D eigenvalue weighted by Crippen LogP contribution is 2.19. The third-order valence-corrected chi connectivity index (χ3v) is 4.31. The molecule has 0 aromatic carbocycles. The molecule has 0 radical (unpaired) electrons. The van der Waals surface area contributed by atoms with E-state index in [1.54, 1.807) is 18.4 Å².